The van der Waals surface area contributed by atoms with E-state index in [-0.39, 0.29) is 24.0 Å². The summed E-state index contributed by atoms with van der Waals surface area (Å²) in [6.45, 7) is 0.281. The molecular formula is C25H20FN5O4. The molecule has 4 rings (SSSR count). The van der Waals surface area contributed by atoms with Gasteiger partial charge in [-0.25, -0.2) is 4.39 Å². The maximum Gasteiger partial charge on any atom is 0.274 e. The van der Waals surface area contributed by atoms with E-state index in [2.05, 4.69) is 15.4 Å². The molecule has 0 radical (unpaired) electrons. The zero-order chi connectivity index (χ0) is 24.8. The average Bonchev–Trinajstić information content (AvgIpc) is 3.31. The Morgan fingerprint density at radius 3 is 2.57 bits per heavy atom. The second kappa shape index (κ2) is 10.4. The first-order valence-corrected chi connectivity index (χ1v) is 10.5. The Morgan fingerprint density at radius 2 is 1.89 bits per heavy atom. The van der Waals surface area contributed by atoms with Crippen LogP contribution in [0.4, 0.5) is 16.0 Å². The zero-order valence-corrected chi connectivity index (χ0v) is 18.6. The number of nitro groups is 1. The molecule has 10 heteroatoms. The molecule has 1 N–H and O–H groups in total. The van der Waals surface area contributed by atoms with Crippen LogP contribution in [0.3, 0.4) is 0 Å². The Labute approximate surface area is 199 Å². The topological polar surface area (TPSA) is 112 Å². The average molecular weight is 473 g/mol. The van der Waals surface area contributed by atoms with E-state index in [1.807, 2.05) is 0 Å². The summed E-state index contributed by atoms with van der Waals surface area (Å²) in [7, 11) is 1.56. The summed E-state index contributed by atoms with van der Waals surface area (Å²) in [4.78, 5) is 27.9. The molecule has 0 fully saturated rings. The van der Waals surface area contributed by atoms with Gasteiger partial charge in [-0.2, -0.15) is 9.67 Å². The summed E-state index contributed by atoms with van der Waals surface area (Å²) >= 11 is 0. The van der Waals surface area contributed by atoms with Gasteiger partial charge in [0.25, 0.3) is 11.6 Å². The Bertz CT molecular complexity index is 1380. The highest BCUT2D eigenvalue weighted by molar-refractivity contribution is 5.95. The molecule has 0 atom stereocenters. The van der Waals surface area contributed by atoms with Gasteiger partial charge in [-0.15, -0.1) is 5.10 Å². The Hall–Kier alpha value is -4.86. The van der Waals surface area contributed by atoms with E-state index in [9.17, 15) is 19.3 Å². The number of rotatable bonds is 8. The summed E-state index contributed by atoms with van der Waals surface area (Å²) in [6, 6.07) is 18.9. The molecule has 0 aliphatic heterocycles. The lowest BCUT2D eigenvalue weighted by Crippen LogP contribution is -2.14. The number of anilines is 1. The van der Waals surface area contributed by atoms with Crippen LogP contribution in [0.5, 0.6) is 5.75 Å². The van der Waals surface area contributed by atoms with Crippen molar-refractivity contribution in [3.05, 3.63) is 106 Å². The largest absolute Gasteiger partial charge is 0.497 e. The number of nitro benzene ring substituents is 1. The van der Waals surface area contributed by atoms with Crippen molar-refractivity contribution in [2.24, 2.45) is 0 Å². The summed E-state index contributed by atoms with van der Waals surface area (Å²) in [5, 5.41) is 18.4. The summed E-state index contributed by atoms with van der Waals surface area (Å²) < 4.78 is 19.5. The third kappa shape index (κ3) is 5.74. The number of halogens is 1. The second-order valence-electron chi connectivity index (χ2n) is 7.40. The van der Waals surface area contributed by atoms with Gasteiger partial charge in [0, 0.05) is 30.3 Å². The summed E-state index contributed by atoms with van der Waals surface area (Å²) in [5.74, 6) is 0.310. The number of hydrogen-bond donors (Lipinski definition) is 1. The number of carbonyl (C=O) groups excluding carboxylic acids is 1. The number of aromatic nitrogens is 3. The Morgan fingerprint density at radius 1 is 1.14 bits per heavy atom. The van der Waals surface area contributed by atoms with Crippen LogP contribution in [0.1, 0.15) is 15.9 Å². The van der Waals surface area contributed by atoms with Crippen LogP contribution in [-0.2, 0) is 6.54 Å². The highest BCUT2D eigenvalue weighted by atomic mass is 19.1. The van der Waals surface area contributed by atoms with Crippen molar-refractivity contribution in [3.8, 4) is 17.1 Å². The first kappa shape index (κ1) is 23.3. The normalized spacial score (nSPS) is 10.9. The number of non-ortho nitro benzene ring substituents is 1. The number of methoxy groups -OCH3 is 1. The van der Waals surface area contributed by atoms with Gasteiger partial charge in [0.15, 0.2) is 5.82 Å². The van der Waals surface area contributed by atoms with Gasteiger partial charge >= 0.3 is 0 Å². The standard InChI is InChI=1S/C25H20FN5O4/c1-35-22-12-8-19(9-13-22)24-28-25(27-16-18-5-10-20(26)11-6-18)30(29-24)23(32)14-7-17-3-2-4-21(15-17)31(33)34/h2-15H,16H2,1H3,(H,27,28,29). The minimum Gasteiger partial charge on any atom is -0.497 e. The van der Waals surface area contributed by atoms with Crippen molar-refractivity contribution in [1.29, 1.82) is 0 Å². The fourth-order valence-corrected chi connectivity index (χ4v) is 3.21. The van der Waals surface area contributed by atoms with Gasteiger partial charge in [-0.3, -0.25) is 14.9 Å². The molecule has 4 aromatic rings. The van der Waals surface area contributed by atoms with E-state index in [1.54, 1.807) is 49.6 Å². The number of carbonyl (C=O) groups is 1. The smallest absolute Gasteiger partial charge is 0.274 e. The van der Waals surface area contributed by atoms with Gasteiger partial charge in [0.1, 0.15) is 11.6 Å². The molecule has 0 amide bonds. The van der Waals surface area contributed by atoms with Gasteiger partial charge in [0.2, 0.25) is 5.95 Å². The zero-order valence-electron chi connectivity index (χ0n) is 18.6. The van der Waals surface area contributed by atoms with E-state index in [4.69, 9.17) is 4.74 Å². The van der Waals surface area contributed by atoms with Crippen molar-refractivity contribution >= 4 is 23.6 Å². The van der Waals surface area contributed by atoms with Crippen LogP contribution in [0.2, 0.25) is 0 Å². The maximum absolute atomic E-state index is 13.2. The van der Waals surface area contributed by atoms with E-state index >= 15 is 0 Å². The fraction of sp³-hybridized carbons (Fsp3) is 0.0800. The number of ether oxygens (including phenoxy) is 1. The number of benzene rings is 3. The predicted octanol–water partition coefficient (Wildman–Crippen LogP) is 4.97. The van der Waals surface area contributed by atoms with Crippen molar-refractivity contribution in [1.82, 2.24) is 14.8 Å². The van der Waals surface area contributed by atoms with Gasteiger partial charge in [-0.05, 0) is 53.6 Å². The molecule has 0 saturated heterocycles. The Balaban J connectivity index is 1.62. The minimum atomic E-state index is -0.509. The van der Waals surface area contributed by atoms with Gasteiger partial charge < -0.3 is 10.1 Å². The van der Waals surface area contributed by atoms with Crippen LogP contribution in [0.25, 0.3) is 17.5 Å². The fourth-order valence-electron chi connectivity index (χ4n) is 3.21. The molecule has 0 saturated carbocycles. The first-order chi connectivity index (χ1) is 16.9. The van der Waals surface area contributed by atoms with Crippen molar-refractivity contribution in [3.63, 3.8) is 0 Å². The molecule has 0 aliphatic rings. The van der Waals surface area contributed by atoms with Crippen LogP contribution in [-0.4, -0.2) is 32.7 Å². The first-order valence-electron chi connectivity index (χ1n) is 10.5. The van der Waals surface area contributed by atoms with Crippen molar-refractivity contribution in [2.75, 3.05) is 12.4 Å². The van der Waals surface area contributed by atoms with Crippen molar-refractivity contribution < 1.29 is 18.8 Å². The maximum atomic E-state index is 13.2. The molecule has 9 nitrogen and oxygen atoms in total. The summed E-state index contributed by atoms with van der Waals surface area (Å²) in [6.07, 6.45) is 2.72. The number of allylic oxidation sites excluding steroid dienone is 1. The number of nitrogens with one attached hydrogen (secondary N) is 1. The lowest BCUT2D eigenvalue weighted by molar-refractivity contribution is -0.384. The van der Waals surface area contributed by atoms with Crippen LogP contribution < -0.4 is 10.1 Å². The third-order valence-electron chi connectivity index (χ3n) is 5.03. The summed E-state index contributed by atoms with van der Waals surface area (Å²) in [5.41, 5.74) is 1.86. The van der Waals surface area contributed by atoms with E-state index in [1.165, 1.54) is 42.5 Å². The third-order valence-corrected chi connectivity index (χ3v) is 5.03. The lowest BCUT2D eigenvalue weighted by Gasteiger charge is -2.06. The molecule has 0 aliphatic carbocycles. The van der Waals surface area contributed by atoms with Gasteiger partial charge in [0.05, 0.1) is 12.0 Å². The van der Waals surface area contributed by atoms with E-state index in [0.717, 1.165) is 10.2 Å². The molecule has 3 aromatic carbocycles. The molecule has 35 heavy (non-hydrogen) atoms. The lowest BCUT2D eigenvalue weighted by atomic mass is 10.2. The highest BCUT2D eigenvalue weighted by Gasteiger charge is 2.16. The van der Waals surface area contributed by atoms with Crippen LogP contribution in [0.15, 0.2) is 78.9 Å². The van der Waals surface area contributed by atoms with E-state index < -0.39 is 10.8 Å². The molecule has 0 spiro atoms. The number of nitrogens with zero attached hydrogens (tertiary/aromatic N) is 4. The SMILES string of the molecule is COc1ccc(-c2nc(NCc3ccc(F)cc3)n(C(=O)C=Cc3cccc([N+](=O)[O-])c3)n2)cc1. The Kier molecular flexibility index (Phi) is 6.91. The molecular weight excluding hydrogens is 453 g/mol. The van der Waals surface area contributed by atoms with Crippen LogP contribution in [0, 0.1) is 15.9 Å². The van der Waals surface area contributed by atoms with E-state index in [0.29, 0.717) is 22.7 Å². The minimum absolute atomic E-state index is 0.0798. The van der Waals surface area contributed by atoms with Crippen LogP contribution >= 0.6 is 0 Å². The second-order valence-corrected chi connectivity index (χ2v) is 7.40. The monoisotopic (exact) mass is 473 g/mol. The quantitative estimate of drug-likeness (QED) is 0.218. The molecule has 0 bridgehead atoms. The predicted molar refractivity (Wildman–Crippen MR) is 128 cm³/mol. The highest BCUT2D eigenvalue weighted by Crippen LogP contribution is 2.22. The number of hydrogen-bond acceptors (Lipinski definition) is 7. The van der Waals surface area contributed by atoms with Gasteiger partial charge in [-0.1, -0.05) is 24.3 Å². The molecule has 0 unspecified atom stereocenters. The molecule has 176 valence electrons. The van der Waals surface area contributed by atoms with Crippen molar-refractivity contribution in [2.45, 2.75) is 6.54 Å². The molecule has 1 heterocycles. The molecule has 1 aromatic heterocycles.